The molecule has 2 atom stereocenters. The summed E-state index contributed by atoms with van der Waals surface area (Å²) in [5, 5.41) is 11.7. The van der Waals surface area contributed by atoms with Gasteiger partial charge in [-0.2, -0.15) is 11.8 Å². The highest BCUT2D eigenvalue weighted by molar-refractivity contribution is 7.99. The van der Waals surface area contributed by atoms with Crippen LogP contribution in [0.25, 0.3) is 0 Å². The van der Waals surface area contributed by atoms with Crippen molar-refractivity contribution in [3.63, 3.8) is 0 Å². The first-order valence-corrected chi connectivity index (χ1v) is 5.95. The second-order valence-corrected chi connectivity index (χ2v) is 4.32. The fourth-order valence-corrected chi connectivity index (χ4v) is 1.37. The minimum atomic E-state index is -0.456. The molecule has 2 unspecified atom stereocenters. The number of aliphatic hydroxyl groups is 1. The van der Waals surface area contributed by atoms with E-state index in [1.165, 1.54) is 18.0 Å². The molecule has 0 aliphatic rings. The third kappa shape index (κ3) is 3.28. The molecule has 2 N–H and O–H groups in total. The van der Waals surface area contributed by atoms with E-state index in [1.54, 1.807) is 12.1 Å². The molecule has 1 rings (SSSR count). The van der Waals surface area contributed by atoms with Gasteiger partial charge in [0.1, 0.15) is 11.8 Å². The lowest BCUT2D eigenvalue weighted by atomic mass is 10.2. The molecule has 0 spiro atoms. The smallest absolute Gasteiger partial charge is 0.233 e. The zero-order valence-corrected chi connectivity index (χ0v) is 9.58. The molecule has 1 aromatic heterocycles. The van der Waals surface area contributed by atoms with Crippen LogP contribution < -0.4 is 5.32 Å². The van der Waals surface area contributed by atoms with Gasteiger partial charge < -0.3 is 14.8 Å². The highest BCUT2D eigenvalue weighted by Crippen LogP contribution is 2.14. The van der Waals surface area contributed by atoms with Crippen LogP contribution >= 0.6 is 11.8 Å². The van der Waals surface area contributed by atoms with Gasteiger partial charge in [-0.15, -0.1) is 0 Å². The van der Waals surface area contributed by atoms with Gasteiger partial charge in [0.25, 0.3) is 0 Å². The van der Waals surface area contributed by atoms with Crippen LogP contribution in [-0.2, 0) is 4.79 Å². The molecule has 0 saturated carbocycles. The molecule has 0 aliphatic heterocycles. The number of rotatable bonds is 5. The molecule has 0 saturated heterocycles. The standard InChI is InChI=1S/C10H15NO3S/c1-7(15-2)10(13)11-8(6-12)9-4-3-5-14-9/h3-5,7-8,12H,6H2,1-2H3,(H,11,13). The fraction of sp³-hybridized carbons (Fsp3) is 0.500. The Labute approximate surface area is 93.0 Å². The number of furan rings is 1. The van der Waals surface area contributed by atoms with Crippen LogP contribution in [0.2, 0.25) is 0 Å². The molecule has 0 bridgehead atoms. The predicted octanol–water partition coefficient (Wildman–Crippen LogP) is 1.18. The number of carbonyl (C=O) groups is 1. The van der Waals surface area contributed by atoms with Gasteiger partial charge >= 0.3 is 0 Å². The van der Waals surface area contributed by atoms with Crippen molar-refractivity contribution < 1.29 is 14.3 Å². The van der Waals surface area contributed by atoms with Crippen LogP contribution in [0.5, 0.6) is 0 Å². The van der Waals surface area contributed by atoms with Crippen molar-refractivity contribution in [2.24, 2.45) is 0 Å². The Morgan fingerprint density at radius 2 is 2.47 bits per heavy atom. The van der Waals surface area contributed by atoms with Gasteiger partial charge in [0.2, 0.25) is 5.91 Å². The SMILES string of the molecule is CSC(C)C(=O)NC(CO)c1ccco1. The monoisotopic (exact) mass is 229 g/mol. The number of aliphatic hydroxyl groups excluding tert-OH is 1. The zero-order valence-electron chi connectivity index (χ0n) is 8.77. The van der Waals surface area contributed by atoms with Gasteiger partial charge in [0.05, 0.1) is 18.1 Å². The van der Waals surface area contributed by atoms with Crippen LogP contribution in [0.1, 0.15) is 18.7 Å². The maximum absolute atomic E-state index is 11.6. The summed E-state index contributed by atoms with van der Waals surface area (Å²) in [6, 6.07) is 3.00. The van der Waals surface area contributed by atoms with Gasteiger partial charge in [-0.1, -0.05) is 0 Å². The van der Waals surface area contributed by atoms with Crippen molar-refractivity contribution in [2.45, 2.75) is 18.2 Å². The van der Waals surface area contributed by atoms with E-state index in [-0.39, 0.29) is 17.8 Å². The van der Waals surface area contributed by atoms with Gasteiger partial charge in [0, 0.05) is 0 Å². The van der Waals surface area contributed by atoms with Crippen LogP contribution in [0, 0.1) is 0 Å². The number of hydrogen-bond acceptors (Lipinski definition) is 4. The number of nitrogens with one attached hydrogen (secondary N) is 1. The van der Waals surface area contributed by atoms with E-state index in [0.29, 0.717) is 5.76 Å². The van der Waals surface area contributed by atoms with E-state index in [4.69, 9.17) is 9.52 Å². The molecule has 0 aliphatic carbocycles. The van der Waals surface area contributed by atoms with Crippen molar-refractivity contribution >= 4 is 17.7 Å². The molecular formula is C10H15NO3S. The Morgan fingerprint density at radius 1 is 1.73 bits per heavy atom. The first-order chi connectivity index (χ1) is 7.19. The summed E-state index contributed by atoms with van der Waals surface area (Å²) in [4.78, 5) is 11.6. The Hall–Kier alpha value is -0.940. The van der Waals surface area contributed by atoms with Crippen molar-refractivity contribution in [1.82, 2.24) is 5.32 Å². The van der Waals surface area contributed by atoms with Crippen molar-refractivity contribution in [1.29, 1.82) is 0 Å². The summed E-state index contributed by atoms with van der Waals surface area (Å²) < 4.78 is 5.12. The number of thioether (sulfide) groups is 1. The maximum atomic E-state index is 11.6. The number of hydrogen-bond donors (Lipinski definition) is 2. The quantitative estimate of drug-likeness (QED) is 0.796. The summed E-state index contributed by atoms with van der Waals surface area (Å²) in [7, 11) is 0. The van der Waals surface area contributed by atoms with Gasteiger partial charge in [0.15, 0.2) is 0 Å². The molecule has 1 amide bonds. The zero-order chi connectivity index (χ0) is 11.3. The molecule has 1 heterocycles. The van der Waals surface area contributed by atoms with Gasteiger partial charge in [-0.3, -0.25) is 4.79 Å². The number of amides is 1. The minimum absolute atomic E-state index is 0.0991. The molecule has 1 aromatic rings. The number of carbonyl (C=O) groups excluding carboxylic acids is 1. The largest absolute Gasteiger partial charge is 0.467 e. The first-order valence-electron chi connectivity index (χ1n) is 4.66. The average molecular weight is 229 g/mol. The molecule has 0 fully saturated rings. The Bertz CT molecular complexity index is 300. The van der Waals surface area contributed by atoms with E-state index < -0.39 is 6.04 Å². The van der Waals surface area contributed by atoms with Crippen LogP contribution in [0.4, 0.5) is 0 Å². The lowest BCUT2D eigenvalue weighted by Gasteiger charge is -2.16. The third-order valence-electron chi connectivity index (χ3n) is 2.11. The van der Waals surface area contributed by atoms with E-state index in [2.05, 4.69) is 5.32 Å². The van der Waals surface area contributed by atoms with E-state index in [9.17, 15) is 4.79 Å². The Balaban J connectivity index is 2.58. The highest BCUT2D eigenvalue weighted by Gasteiger charge is 2.19. The predicted molar refractivity (Wildman–Crippen MR) is 59.7 cm³/mol. The van der Waals surface area contributed by atoms with Gasteiger partial charge in [-0.05, 0) is 25.3 Å². The fourth-order valence-electron chi connectivity index (χ4n) is 1.09. The summed E-state index contributed by atoms with van der Waals surface area (Å²) >= 11 is 1.46. The minimum Gasteiger partial charge on any atom is -0.467 e. The Kier molecular flexibility index (Phi) is 4.71. The molecule has 15 heavy (non-hydrogen) atoms. The van der Waals surface area contributed by atoms with Crippen LogP contribution in [0.15, 0.2) is 22.8 Å². The van der Waals surface area contributed by atoms with E-state index >= 15 is 0 Å². The van der Waals surface area contributed by atoms with Gasteiger partial charge in [-0.25, -0.2) is 0 Å². The first kappa shape index (κ1) is 12.1. The second-order valence-electron chi connectivity index (χ2n) is 3.14. The topological polar surface area (TPSA) is 62.5 Å². The third-order valence-corrected chi connectivity index (χ3v) is 3.03. The summed E-state index contributed by atoms with van der Waals surface area (Å²) in [6.45, 7) is 1.65. The van der Waals surface area contributed by atoms with Crippen LogP contribution in [0.3, 0.4) is 0 Å². The average Bonchev–Trinajstić information content (AvgIpc) is 2.77. The molecule has 0 aromatic carbocycles. The molecule has 84 valence electrons. The van der Waals surface area contributed by atoms with Crippen molar-refractivity contribution in [3.8, 4) is 0 Å². The molecule has 5 heteroatoms. The normalized spacial score (nSPS) is 14.6. The summed E-state index contributed by atoms with van der Waals surface area (Å²) in [5.74, 6) is 0.470. The highest BCUT2D eigenvalue weighted by atomic mass is 32.2. The van der Waals surface area contributed by atoms with Crippen molar-refractivity contribution in [3.05, 3.63) is 24.2 Å². The lowest BCUT2D eigenvalue weighted by molar-refractivity contribution is -0.121. The molecular weight excluding hydrogens is 214 g/mol. The molecule has 4 nitrogen and oxygen atoms in total. The maximum Gasteiger partial charge on any atom is 0.233 e. The molecule has 0 radical (unpaired) electrons. The van der Waals surface area contributed by atoms with E-state index in [1.807, 2.05) is 13.2 Å². The van der Waals surface area contributed by atoms with Crippen molar-refractivity contribution in [2.75, 3.05) is 12.9 Å². The van der Waals surface area contributed by atoms with E-state index in [0.717, 1.165) is 0 Å². The summed E-state index contributed by atoms with van der Waals surface area (Å²) in [6.07, 6.45) is 3.38. The van der Waals surface area contributed by atoms with Crippen LogP contribution in [-0.4, -0.2) is 29.1 Å². The lowest BCUT2D eigenvalue weighted by Crippen LogP contribution is -2.35. The Morgan fingerprint density at radius 3 is 2.93 bits per heavy atom. The summed E-state index contributed by atoms with van der Waals surface area (Å²) in [5.41, 5.74) is 0. The second kappa shape index (κ2) is 5.82.